The van der Waals surface area contributed by atoms with Gasteiger partial charge in [-0.2, -0.15) is 0 Å². The molecule has 38 heteroatoms. The maximum Gasteiger partial charge on any atom is 0.259 e. The van der Waals surface area contributed by atoms with Gasteiger partial charge in [0.25, 0.3) is 23.6 Å². The van der Waals surface area contributed by atoms with Gasteiger partial charge in [-0.25, -0.2) is 52.7 Å². The number of rotatable bonds is 32. The second-order valence-corrected chi connectivity index (χ2v) is 36.8. The molecule has 124 heavy (non-hydrogen) atoms. The fraction of sp³-hybridized carbons (Fsp3) is 0.372. The number of nitrogens with zero attached hydrogens (tertiary/aromatic N) is 4. The van der Waals surface area contributed by atoms with E-state index in [2.05, 4.69) is 41.2 Å². The molecule has 9 rings (SSSR count). The molecule has 0 saturated carbocycles. The minimum absolute atomic E-state index is 0.161. The quantitative estimate of drug-likeness (QED) is 0.0133. The SMILES string of the molecule is CC(C)COc1ccncc1NC(=O)c1cc(C(=O)Nc2cnccc2OCC(C)C)c(OCC(C)C)cc1OCC(C)C.CC(C)COc1ccncc1NC(=O)c1cc(C(=O)Nc2cnccc2OCC(C)C)c(OCC(C)C)cc1OCC(C)C.Fc1c(F)c(I)c(F)c(F)c1I.Fc1c(F)c(I)c(F)c(F)c1I.Fc1c(F)c(I)c(F)c(F)c1I. The minimum atomic E-state index is -1.35. The molecule has 0 saturated heterocycles. The van der Waals surface area contributed by atoms with Crippen molar-refractivity contribution in [3.8, 4) is 46.0 Å². The van der Waals surface area contributed by atoms with Gasteiger partial charge >= 0.3 is 0 Å². The Bertz CT molecular complexity index is 4260. The summed E-state index contributed by atoms with van der Waals surface area (Å²) in [6.45, 7) is 35.7. The average molecular weight is 2420 g/mol. The highest BCUT2D eigenvalue weighted by Gasteiger charge is 2.30. The fourth-order valence-corrected chi connectivity index (χ4v) is 12.1. The van der Waals surface area contributed by atoms with Crippen molar-refractivity contribution in [3.05, 3.63) is 212 Å². The molecule has 20 nitrogen and oxygen atoms in total. The molecule has 0 unspecified atom stereocenters. The van der Waals surface area contributed by atoms with Crippen molar-refractivity contribution < 1.29 is 110 Å². The maximum atomic E-state index is 13.8. The Hall–Kier alpha value is -7.48. The van der Waals surface area contributed by atoms with E-state index in [9.17, 15) is 71.9 Å². The van der Waals surface area contributed by atoms with Crippen LogP contribution in [0.1, 0.15) is 152 Å². The number of anilines is 4. The zero-order valence-electron chi connectivity index (χ0n) is 70.0. The van der Waals surface area contributed by atoms with Gasteiger partial charge in [-0.05, 0) is 195 Å². The third-order valence-corrected chi connectivity index (χ3v) is 21.0. The fourth-order valence-electron chi connectivity index (χ4n) is 9.26. The Labute approximate surface area is 793 Å². The minimum Gasteiger partial charge on any atom is -0.492 e. The maximum absolute atomic E-state index is 13.8. The van der Waals surface area contributed by atoms with Gasteiger partial charge in [-0.3, -0.25) is 39.1 Å². The number of hydrogen-bond acceptors (Lipinski definition) is 16. The first-order valence-electron chi connectivity index (χ1n) is 38.2. The van der Waals surface area contributed by atoms with Crippen molar-refractivity contribution >= 4 is 182 Å². The number of benzene rings is 5. The molecule has 0 fully saturated rings. The summed E-state index contributed by atoms with van der Waals surface area (Å²) in [6, 6.07) is 13.0. The van der Waals surface area contributed by atoms with E-state index in [0.717, 1.165) is 0 Å². The molecular weight excluding hydrogens is 2330 g/mol. The summed E-state index contributed by atoms with van der Waals surface area (Å²) in [6.07, 6.45) is 12.5. The number of ether oxygens (including phenoxy) is 8. The zero-order chi connectivity index (χ0) is 92.8. The smallest absolute Gasteiger partial charge is 0.259 e. The highest BCUT2D eigenvalue weighted by atomic mass is 127. The Kier molecular flexibility index (Phi) is 45.0. The largest absolute Gasteiger partial charge is 0.492 e. The van der Waals surface area contributed by atoms with Crippen molar-refractivity contribution in [2.24, 2.45) is 47.3 Å². The molecule has 4 aromatic heterocycles. The molecule has 0 aliphatic rings. The second kappa shape index (κ2) is 52.1. The van der Waals surface area contributed by atoms with Crippen molar-refractivity contribution in [1.29, 1.82) is 0 Å². The molecule has 5 aromatic carbocycles. The predicted octanol–water partition coefficient (Wildman–Crippen LogP) is 24.6. The summed E-state index contributed by atoms with van der Waals surface area (Å²) in [4.78, 5) is 71.8. The number of carbonyl (C=O) groups excluding carboxylic acids is 4. The van der Waals surface area contributed by atoms with Crippen LogP contribution in [0, 0.1) is 139 Å². The summed E-state index contributed by atoms with van der Waals surface area (Å²) in [5, 5.41) is 11.6. The van der Waals surface area contributed by atoms with Gasteiger partial charge < -0.3 is 59.2 Å². The van der Waals surface area contributed by atoms with E-state index in [1.807, 2.05) is 111 Å². The highest BCUT2D eigenvalue weighted by molar-refractivity contribution is 14.1. The van der Waals surface area contributed by atoms with Crippen LogP contribution >= 0.6 is 136 Å². The molecule has 0 radical (unpaired) electrons. The van der Waals surface area contributed by atoms with Gasteiger partial charge in [-0.15, -0.1) is 0 Å². The van der Waals surface area contributed by atoms with Crippen molar-refractivity contribution in [2.75, 3.05) is 74.1 Å². The summed E-state index contributed by atoms with van der Waals surface area (Å²) in [5.74, 6) is -13.1. The molecule has 0 bridgehead atoms. The lowest BCUT2D eigenvalue weighted by molar-refractivity contribution is 0.1000. The molecule has 4 amide bonds. The number of aromatic nitrogens is 4. The van der Waals surface area contributed by atoms with Gasteiger partial charge in [0.1, 0.15) is 68.7 Å². The van der Waals surface area contributed by atoms with Crippen molar-refractivity contribution in [3.63, 3.8) is 0 Å². The second-order valence-electron chi connectivity index (χ2n) is 30.3. The third-order valence-electron chi connectivity index (χ3n) is 15.3. The van der Waals surface area contributed by atoms with Crippen LogP contribution in [0.2, 0.25) is 0 Å². The van der Waals surface area contributed by atoms with Crippen LogP contribution in [-0.2, 0) is 0 Å². The van der Waals surface area contributed by atoms with E-state index in [1.165, 1.54) is 172 Å². The van der Waals surface area contributed by atoms with Crippen LogP contribution in [-0.4, -0.2) is 96.4 Å². The lowest BCUT2D eigenvalue weighted by Gasteiger charge is -2.20. The molecule has 4 heterocycles. The Morgan fingerprint density at radius 2 is 0.387 bits per heavy atom. The lowest BCUT2D eigenvalue weighted by atomic mass is 10.1. The number of amides is 4. The Morgan fingerprint density at radius 1 is 0.250 bits per heavy atom. The lowest BCUT2D eigenvalue weighted by Crippen LogP contribution is -2.20. The van der Waals surface area contributed by atoms with E-state index in [4.69, 9.17) is 37.9 Å². The number of nitrogens with one attached hydrogen (secondary N) is 4. The van der Waals surface area contributed by atoms with Gasteiger partial charge in [0.15, 0.2) is 69.8 Å². The molecule has 674 valence electrons. The number of pyridine rings is 4. The number of hydrogen-bond donors (Lipinski definition) is 4. The Balaban J connectivity index is 0.000000314. The zero-order valence-corrected chi connectivity index (χ0v) is 82.9. The van der Waals surface area contributed by atoms with Crippen LogP contribution in [0.3, 0.4) is 0 Å². The van der Waals surface area contributed by atoms with Crippen LogP contribution in [0.15, 0.2) is 98.1 Å². The average Bonchev–Trinajstić information content (AvgIpc) is 0.805. The standard InChI is InChI=1S/2C34H46N4O6.3C6F4I2/c2*1-21(2)17-41-29-9-11-35-15-27(29)37-33(39)25-13-26(32(44-20-24(7)8)14-31(25)43-19-23(5)6)34(40)38-28-16-36-12-10-30(28)42-18-22(3)4;3*7-1-2(8)6(12)4(10)3(9)5(1)11/h2*9-16,21-24H,17-20H2,1-8H3,(H,37,39)(H,38,40);;;. The molecule has 9 aromatic rings. The van der Waals surface area contributed by atoms with E-state index >= 15 is 0 Å². The van der Waals surface area contributed by atoms with Gasteiger partial charge in [-0.1, -0.05) is 111 Å². The molecule has 0 aliphatic heterocycles. The van der Waals surface area contributed by atoms with Crippen molar-refractivity contribution in [1.82, 2.24) is 19.9 Å². The first kappa shape index (κ1) is 107. The summed E-state index contributed by atoms with van der Waals surface area (Å²) in [5.41, 5.74) is 2.26. The first-order chi connectivity index (χ1) is 58.3. The molecule has 4 N–H and O–H groups in total. The summed E-state index contributed by atoms with van der Waals surface area (Å²) in [7, 11) is 0. The van der Waals surface area contributed by atoms with Crippen LogP contribution in [0.25, 0.3) is 0 Å². The van der Waals surface area contributed by atoms with Crippen LogP contribution < -0.4 is 59.2 Å². The van der Waals surface area contributed by atoms with Gasteiger partial charge in [0.2, 0.25) is 0 Å². The number of carbonyl (C=O) groups is 4. The van der Waals surface area contributed by atoms with Crippen molar-refractivity contribution in [2.45, 2.75) is 111 Å². The van der Waals surface area contributed by atoms with Crippen LogP contribution in [0.5, 0.6) is 46.0 Å². The van der Waals surface area contributed by atoms with Gasteiger partial charge in [0.05, 0.1) is 121 Å². The third kappa shape index (κ3) is 32.7. The molecule has 0 aliphatic carbocycles. The predicted molar refractivity (Wildman–Crippen MR) is 499 cm³/mol. The highest BCUT2D eigenvalue weighted by Crippen LogP contribution is 2.38. The summed E-state index contributed by atoms with van der Waals surface area (Å²) < 4.78 is 196. The van der Waals surface area contributed by atoms with E-state index < -0.39 is 115 Å². The normalized spacial score (nSPS) is 11.0. The van der Waals surface area contributed by atoms with Gasteiger partial charge in [0, 0.05) is 61.2 Å². The number of halogens is 18. The van der Waals surface area contributed by atoms with E-state index in [0.29, 0.717) is 145 Å². The van der Waals surface area contributed by atoms with E-state index in [-0.39, 0.29) is 45.9 Å². The summed E-state index contributed by atoms with van der Waals surface area (Å²) >= 11 is 7.22. The molecule has 0 atom stereocenters. The topological polar surface area (TPSA) is 242 Å². The molecule has 0 spiro atoms. The van der Waals surface area contributed by atoms with Crippen LogP contribution in [0.4, 0.5) is 75.4 Å². The Morgan fingerprint density at radius 3 is 0.524 bits per heavy atom. The van der Waals surface area contributed by atoms with E-state index in [1.54, 1.807) is 61.2 Å². The molecular formula is C86H92F12I6N8O12. The monoisotopic (exact) mass is 2420 g/mol. The first-order valence-corrected chi connectivity index (χ1v) is 44.7.